The second-order valence-electron chi connectivity index (χ2n) is 2.28. The average molecular weight is 162 g/mol. The molecule has 0 aliphatic rings. The van der Waals surface area contributed by atoms with Gasteiger partial charge >= 0.3 is 0 Å². The van der Waals surface area contributed by atoms with Crippen LogP contribution in [-0.4, -0.2) is 11.5 Å². The molecule has 1 aromatic rings. The first kappa shape index (κ1) is 8.34. The average Bonchev–Trinajstić information content (AvgIpc) is 2.09. The summed E-state index contributed by atoms with van der Waals surface area (Å²) < 4.78 is 0. The van der Waals surface area contributed by atoms with E-state index >= 15 is 0 Å². The number of nitriles is 1. The zero-order chi connectivity index (χ0) is 8.97. The molecule has 0 saturated heterocycles. The van der Waals surface area contributed by atoms with Gasteiger partial charge in [0.1, 0.15) is 11.9 Å². The number of aromatic nitrogens is 1. The van der Waals surface area contributed by atoms with E-state index in [-0.39, 0.29) is 5.69 Å². The van der Waals surface area contributed by atoms with Crippen molar-refractivity contribution in [2.75, 3.05) is 17.6 Å². The Kier molecular flexibility index (Phi) is 2.49. The maximum atomic E-state index is 8.59. The van der Waals surface area contributed by atoms with Crippen molar-refractivity contribution in [2.45, 2.75) is 6.92 Å². The Bertz CT molecular complexity index is 313. The van der Waals surface area contributed by atoms with Crippen LogP contribution >= 0.6 is 0 Å². The van der Waals surface area contributed by atoms with Crippen LogP contribution in [0.3, 0.4) is 0 Å². The van der Waals surface area contributed by atoms with Gasteiger partial charge in [-0.1, -0.05) is 0 Å². The fourth-order valence-electron chi connectivity index (χ4n) is 0.839. The summed E-state index contributed by atoms with van der Waals surface area (Å²) in [7, 11) is 0. The van der Waals surface area contributed by atoms with Crippen molar-refractivity contribution in [3.05, 3.63) is 17.8 Å². The van der Waals surface area contributed by atoms with Gasteiger partial charge in [-0.3, -0.25) is 0 Å². The predicted octanol–water partition coefficient (Wildman–Crippen LogP) is 0.967. The molecular weight excluding hydrogens is 152 g/mol. The van der Waals surface area contributed by atoms with Gasteiger partial charge in [-0.25, -0.2) is 4.98 Å². The second-order valence-corrected chi connectivity index (χ2v) is 2.28. The van der Waals surface area contributed by atoms with Crippen LogP contribution in [0, 0.1) is 11.3 Å². The van der Waals surface area contributed by atoms with E-state index < -0.39 is 0 Å². The summed E-state index contributed by atoms with van der Waals surface area (Å²) >= 11 is 0. The van der Waals surface area contributed by atoms with Gasteiger partial charge in [0.05, 0.1) is 5.69 Å². The Morgan fingerprint density at radius 1 is 1.67 bits per heavy atom. The van der Waals surface area contributed by atoms with E-state index in [0.717, 1.165) is 6.54 Å². The number of hydrogen-bond acceptors (Lipinski definition) is 4. The SMILES string of the molecule is CCNc1ccc(N)c(C#N)n1. The zero-order valence-electron chi connectivity index (χ0n) is 6.83. The molecule has 0 aliphatic heterocycles. The first-order valence-corrected chi connectivity index (χ1v) is 3.68. The molecule has 0 radical (unpaired) electrons. The molecule has 1 rings (SSSR count). The summed E-state index contributed by atoms with van der Waals surface area (Å²) in [5.74, 6) is 0.684. The van der Waals surface area contributed by atoms with Gasteiger partial charge in [-0.2, -0.15) is 5.26 Å². The molecule has 0 atom stereocenters. The highest BCUT2D eigenvalue weighted by molar-refractivity contribution is 5.54. The van der Waals surface area contributed by atoms with Gasteiger partial charge in [0, 0.05) is 6.54 Å². The lowest BCUT2D eigenvalue weighted by atomic mass is 10.3. The lowest BCUT2D eigenvalue weighted by Crippen LogP contribution is -2.02. The molecule has 4 nitrogen and oxygen atoms in total. The molecule has 1 heterocycles. The smallest absolute Gasteiger partial charge is 0.165 e. The van der Waals surface area contributed by atoms with Gasteiger partial charge in [0.15, 0.2) is 5.69 Å². The Labute approximate surface area is 71.0 Å². The standard InChI is InChI=1S/C8H10N4/c1-2-11-8-4-3-6(10)7(5-9)12-8/h3-4H,2,10H2,1H3,(H,11,12). The van der Waals surface area contributed by atoms with E-state index in [9.17, 15) is 0 Å². The number of nitrogens with two attached hydrogens (primary N) is 1. The van der Waals surface area contributed by atoms with Crippen LogP contribution in [0.4, 0.5) is 11.5 Å². The third-order valence-corrected chi connectivity index (χ3v) is 1.39. The monoisotopic (exact) mass is 162 g/mol. The normalized spacial score (nSPS) is 9.00. The Morgan fingerprint density at radius 3 is 3.00 bits per heavy atom. The van der Waals surface area contributed by atoms with Gasteiger partial charge < -0.3 is 11.1 Å². The lowest BCUT2D eigenvalue weighted by Gasteiger charge is -2.02. The summed E-state index contributed by atoms with van der Waals surface area (Å²) in [6.45, 7) is 2.74. The van der Waals surface area contributed by atoms with Crippen molar-refractivity contribution in [3.8, 4) is 6.07 Å². The minimum atomic E-state index is 0.272. The number of pyridine rings is 1. The summed E-state index contributed by atoms with van der Waals surface area (Å²) in [4.78, 5) is 3.98. The highest BCUT2D eigenvalue weighted by Crippen LogP contribution is 2.11. The molecule has 4 heteroatoms. The summed E-state index contributed by atoms with van der Waals surface area (Å²) in [5.41, 5.74) is 6.17. The molecule has 0 aliphatic carbocycles. The molecule has 1 aromatic heterocycles. The molecule has 0 saturated carbocycles. The largest absolute Gasteiger partial charge is 0.396 e. The van der Waals surface area contributed by atoms with Crippen LogP contribution in [-0.2, 0) is 0 Å². The molecule has 0 amide bonds. The Morgan fingerprint density at radius 2 is 2.42 bits per heavy atom. The summed E-state index contributed by atoms with van der Waals surface area (Å²) in [5, 5.41) is 11.6. The van der Waals surface area contributed by atoms with Crippen LogP contribution in [0.2, 0.25) is 0 Å². The first-order chi connectivity index (χ1) is 5.77. The van der Waals surface area contributed by atoms with Crippen molar-refractivity contribution >= 4 is 11.5 Å². The van der Waals surface area contributed by atoms with Crippen LogP contribution in [0.25, 0.3) is 0 Å². The van der Waals surface area contributed by atoms with Gasteiger partial charge in [0.2, 0.25) is 0 Å². The molecule has 0 aromatic carbocycles. The van der Waals surface area contributed by atoms with Crippen molar-refractivity contribution in [1.82, 2.24) is 4.98 Å². The van der Waals surface area contributed by atoms with Gasteiger partial charge in [-0.05, 0) is 19.1 Å². The molecule has 3 N–H and O–H groups in total. The van der Waals surface area contributed by atoms with Gasteiger partial charge in [-0.15, -0.1) is 0 Å². The summed E-state index contributed by atoms with van der Waals surface area (Å²) in [6.07, 6.45) is 0. The third kappa shape index (κ3) is 1.64. The van der Waals surface area contributed by atoms with Crippen LogP contribution in [0.1, 0.15) is 12.6 Å². The third-order valence-electron chi connectivity index (χ3n) is 1.39. The summed E-state index contributed by atoms with van der Waals surface area (Å²) in [6, 6.07) is 5.34. The number of nitrogen functional groups attached to an aromatic ring is 1. The quantitative estimate of drug-likeness (QED) is 0.679. The van der Waals surface area contributed by atoms with Crippen molar-refractivity contribution in [1.29, 1.82) is 5.26 Å². The lowest BCUT2D eigenvalue weighted by molar-refractivity contribution is 1.15. The number of nitrogens with one attached hydrogen (secondary N) is 1. The van der Waals surface area contributed by atoms with Gasteiger partial charge in [0.25, 0.3) is 0 Å². The van der Waals surface area contributed by atoms with E-state index in [4.69, 9.17) is 11.0 Å². The van der Waals surface area contributed by atoms with Crippen molar-refractivity contribution in [3.63, 3.8) is 0 Å². The molecular formula is C8H10N4. The number of hydrogen-bond donors (Lipinski definition) is 2. The molecule has 12 heavy (non-hydrogen) atoms. The van der Waals surface area contributed by atoms with E-state index in [1.54, 1.807) is 12.1 Å². The van der Waals surface area contributed by atoms with E-state index in [2.05, 4.69) is 10.3 Å². The van der Waals surface area contributed by atoms with E-state index in [1.165, 1.54) is 0 Å². The van der Waals surface area contributed by atoms with Crippen molar-refractivity contribution in [2.24, 2.45) is 0 Å². The van der Waals surface area contributed by atoms with Crippen molar-refractivity contribution < 1.29 is 0 Å². The molecule has 0 bridgehead atoms. The second kappa shape index (κ2) is 3.58. The molecule has 0 unspecified atom stereocenters. The minimum Gasteiger partial charge on any atom is -0.396 e. The molecule has 0 spiro atoms. The highest BCUT2D eigenvalue weighted by Gasteiger charge is 1.99. The Balaban J connectivity index is 2.99. The van der Waals surface area contributed by atoms with Crippen LogP contribution < -0.4 is 11.1 Å². The van der Waals surface area contributed by atoms with Crippen LogP contribution in [0.5, 0.6) is 0 Å². The predicted molar refractivity (Wildman–Crippen MR) is 47.5 cm³/mol. The number of rotatable bonds is 2. The topological polar surface area (TPSA) is 74.7 Å². The minimum absolute atomic E-state index is 0.272. The first-order valence-electron chi connectivity index (χ1n) is 3.68. The fraction of sp³-hybridized carbons (Fsp3) is 0.250. The fourth-order valence-corrected chi connectivity index (χ4v) is 0.839. The van der Waals surface area contributed by atoms with Crippen LogP contribution in [0.15, 0.2) is 12.1 Å². The van der Waals surface area contributed by atoms with E-state index in [0.29, 0.717) is 11.5 Å². The maximum Gasteiger partial charge on any atom is 0.165 e. The maximum absolute atomic E-state index is 8.59. The highest BCUT2D eigenvalue weighted by atomic mass is 15.0. The molecule has 62 valence electrons. The molecule has 0 fully saturated rings. The van der Waals surface area contributed by atoms with E-state index in [1.807, 2.05) is 13.0 Å². The zero-order valence-corrected chi connectivity index (χ0v) is 6.83. The Hall–Kier alpha value is -1.76. The number of nitrogens with zero attached hydrogens (tertiary/aromatic N) is 2. The number of anilines is 2.